The van der Waals surface area contributed by atoms with Gasteiger partial charge in [-0.1, -0.05) is 6.07 Å². The summed E-state index contributed by atoms with van der Waals surface area (Å²) in [6.45, 7) is 4.25. The van der Waals surface area contributed by atoms with Gasteiger partial charge >= 0.3 is 0 Å². The van der Waals surface area contributed by atoms with Crippen LogP contribution in [0.15, 0.2) is 42.9 Å². The summed E-state index contributed by atoms with van der Waals surface area (Å²) in [5.41, 5.74) is 2.62. The van der Waals surface area contributed by atoms with Gasteiger partial charge in [0.2, 0.25) is 0 Å². The molecule has 4 heterocycles. The molecule has 1 unspecified atom stereocenters. The Balaban J connectivity index is 1.46. The van der Waals surface area contributed by atoms with Gasteiger partial charge in [-0.05, 0) is 50.8 Å². The highest BCUT2D eigenvalue weighted by atomic mass is 16.1. The van der Waals surface area contributed by atoms with Crippen molar-refractivity contribution in [3.8, 4) is 0 Å². The third-order valence-electron chi connectivity index (χ3n) is 5.30. The van der Waals surface area contributed by atoms with Gasteiger partial charge in [0.15, 0.2) is 5.65 Å². The monoisotopic (exact) mass is 393 g/mol. The SMILES string of the molecule is CN(C)CCNC(=O)c1ccc2nnc(C3CCN(Cc4cccnc4)C3)n2c1. The summed E-state index contributed by atoms with van der Waals surface area (Å²) in [6.07, 6.45) is 6.60. The number of nitrogens with one attached hydrogen (secondary N) is 1. The lowest BCUT2D eigenvalue weighted by atomic mass is 10.1. The standard InChI is InChI=1S/C21H27N7O/c1-26(2)11-9-23-21(29)18-5-6-19-24-25-20(28(19)15-18)17-7-10-27(14-17)13-16-4-3-8-22-12-16/h3-6,8,12,15,17H,7,9-11,13-14H2,1-2H3,(H,23,29). The van der Waals surface area contributed by atoms with Gasteiger partial charge < -0.3 is 10.2 Å². The Labute approximate surface area is 170 Å². The Morgan fingerprint density at radius 1 is 1.28 bits per heavy atom. The molecular weight excluding hydrogens is 366 g/mol. The van der Waals surface area contributed by atoms with Crippen molar-refractivity contribution < 1.29 is 4.79 Å². The number of nitrogens with zero attached hydrogens (tertiary/aromatic N) is 6. The molecule has 8 nitrogen and oxygen atoms in total. The van der Waals surface area contributed by atoms with Crippen LogP contribution < -0.4 is 5.32 Å². The Hall–Kier alpha value is -2.84. The zero-order chi connectivity index (χ0) is 20.2. The van der Waals surface area contributed by atoms with Crippen molar-refractivity contribution in [1.82, 2.24) is 34.7 Å². The van der Waals surface area contributed by atoms with Gasteiger partial charge in [-0.2, -0.15) is 0 Å². The summed E-state index contributed by atoms with van der Waals surface area (Å²) in [5.74, 6) is 1.16. The molecule has 0 saturated carbocycles. The summed E-state index contributed by atoms with van der Waals surface area (Å²) in [6, 6.07) is 7.75. The summed E-state index contributed by atoms with van der Waals surface area (Å²) in [5, 5.41) is 11.7. The van der Waals surface area contributed by atoms with Gasteiger partial charge in [0.05, 0.1) is 5.56 Å². The fourth-order valence-electron chi connectivity index (χ4n) is 3.75. The fraction of sp³-hybridized carbons (Fsp3) is 0.429. The van der Waals surface area contributed by atoms with E-state index >= 15 is 0 Å². The molecule has 3 aromatic heterocycles. The van der Waals surface area contributed by atoms with Gasteiger partial charge in [-0.15, -0.1) is 10.2 Å². The molecule has 1 amide bonds. The smallest absolute Gasteiger partial charge is 0.252 e. The van der Waals surface area contributed by atoms with Crippen molar-refractivity contribution >= 4 is 11.6 Å². The van der Waals surface area contributed by atoms with Crippen LogP contribution in [-0.2, 0) is 6.54 Å². The molecule has 1 N–H and O–H groups in total. The van der Waals surface area contributed by atoms with E-state index in [2.05, 4.69) is 31.5 Å². The van der Waals surface area contributed by atoms with E-state index in [0.717, 1.165) is 44.1 Å². The minimum atomic E-state index is -0.0713. The predicted octanol–water partition coefficient (Wildman–Crippen LogP) is 1.41. The second kappa shape index (κ2) is 8.67. The molecule has 152 valence electrons. The minimum Gasteiger partial charge on any atom is -0.351 e. The van der Waals surface area contributed by atoms with Crippen LogP contribution in [0.2, 0.25) is 0 Å². The maximum atomic E-state index is 12.5. The van der Waals surface area contributed by atoms with Crippen molar-refractivity contribution in [1.29, 1.82) is 0 Å². The molecule has 8 heteroatoms. The molecule has 4 rings (SSSR count). The summed E-state index contributed by atoms with van der Waals surface area (Å²) < 4.78 is 1.97. The molecule has 1 fully saturated rings. The lowest BCUT2D eigenvalue weighted by Gasteiger charge is -2.15. The largest absolute Gasteiger partial charge is 0.351 e. The first kappa shape index (κ1) is 19.5. The molecule has 0 spiro atoms. The zero-order valence-electron chi connectivity index (χ0n) is 17.0. The second-order valence-corrected chi connectivity index (χ2v) is 7.85. The highest BCUT2D eigenvalue weighted by Gasteiger charge is 2.28. The van der Waals surface area contributed by atoms with Crippen LogP contribution >= 0.6 is 0 Å². The van der Waals surface area contributed by atoms with Crippen LogP contribution in [0.3, 0.4) is 0 Å². The average Bonchev–Trinajstić information content (AvgIpc) is 3.34. The van der Waals surface area contributed by atoms with Gasteiger partial charge in [-0.3, -0.25) is 19.1 Å². The molecule has 3 aromatic rings. The molecule has 1 aliphatic rings. The first-order valence-electron chi connectivity index (χ1n) is 9.99. The first-order chi connectivity index (χ1) is 14.1. The number of likely N-dealkylation sites (tertiary alicyclic amines) is 1. The quantitative estimate of drug-likeness (QED) is 0.654. The maximum Gasteiger partial charge on any atom is 0.252 e. The highest BCUT2D eigenvalue weighted by molar-refractivity contribution is 5.94. The van der Waals surface area contributed by atoms with E-state index in [1.54, 1.807) is 6.20 Å². The van der Waals surface area contributed by atoms with E-state index in [1.165, 1.54) is 5.56 Å². The highest BCUT2D eigenvalue weighted by Crippen LogP contribution is 2.27. The number of amides is 1. The molecule has 0 aromatic carbocycles. The van der Waals surface area contributed by atoms with E-state index in [0.29, 0.717) is 18.0 Å². The fourth-order valence-corrected chi connectivity index (χ4v) is 3.75. The molecule has 0 bridgehead atoms. The normalized spacial score (nSPS) is 17.3. The topological polar surface area (TPSA) is 78.7 Å². The maximum absolute atomic E-state index is 12.5. The van der Waals surface area contributed by atoms with E-state index in [4.69, 9.17) is 0 Å². The van der Waals surface area contributed by atoms with Crippen molar-refractivity contribution in [3.05, 3.63) is 59.8 Å². The molecule has 0 radical (unpaired) electrons. The Morgan fingerprint density at radius 2 is 2.17 bits per heavy atom. The van der Waals surface area contributed by atoms with Crippen molar-refractivity contribution in [2.45, 2.75) is 18.9 Å². The number of hydrogen-bond acceptors (Lipinski definition) is 6. The van der Waals surface area contributed by atoms with Crippen molar-refractivity contribution in [2.24, 2.45) is 0 Å². The van der Waals surface area contributed by atoms with Crippen LogP contribution in [-0.4, -0.2) is 75.6 Å². The van der Waals surface area contributed by atoms with Crippen LogP contribution in [0.5, 0.6) is 0 Å². The lowest BCUT2D eigenvalue weighted by Crippen LogP contribution is -2.31. The molecule has 0 aliphatic carbocycles. The van der Waals surface area contributed by atoms with Crippen LogP contribution in [0.4, 0.5) is 0 Å². The van der Waals surface area contributed by atoms with Crippen LogP contribution in [0.25, 0.3) is 5.65 Å². The first-order valence-corrected chi connectivity index (χ1v) is 9.99. The van der Waals surface area contributed by atoms with Crippen LogP contribution in [0.1, 0.15) is 34.1 Å². The van der Waals surface area contributed by atoms with Gasteiger partial charge in [0.1, 0.15) is 5.82 Å². The summed E-state index contributed by atoms with van der Waals surface area (Å²) >= 11 is 0. The molecular formula is C21H27N7O. The summed E-state index contributed by atoms with van der Waals surface area (Å²) in [7, 11) is 3.97. The van der Waals surface area contributed by atoms with E-state index < -0.39 is 0 Å². The number of pyridine rings is 2. The van der Waals surface area contributed by atoms with Gasteiger partial charge in [-0.25, -0.2) is 0 Å². The molecule has 1 saturated heterocycles. The predicted molar refractivity (Wildman–Crippen MR) is 111 cm³/mol. The molecule has 29 heavy (non-hydrogen) atoms. The van der Waals surface area contributed by atoms with Gasteiger partial charge in [0, 0.05) is 50.7 Å². The number of likely N-dealkylation sites (N-methyl/N-ethyl adjacent to an activating group) is 1. The third kappa shape index (κ3) is 4.60. The van der Waals surface area contributed by atoms with E-state index in [1.807, 2.05) is 54.0 Å². The number of aromatic nitrogens is 4. The van der Waals surface area contributed by atoms with Crippen molar-refractivity contribution in [2.75, 3.05) is 40.3 Å². The molecule has 1 atom stereocenters. The summed E-state index contributed by atoms with van der Waals surface area (Å²) in [4.78, 5) is 21.1. The average molecular weight is 393 g/mol. The van der Waals surface area contributed by atoms with E-state index in [9.17, 15) is 4.79 Å². The minimum absolute atomic E-state index is 0.0713. The third-order valence-corrected chi connectivity index (χ3v) is 5.30. The molecule has 1 aliphatic heterocycles. The number of rotatable bonds is 7. The Bertz CT molecular complexity index is 970. The number of hydrogen-bond donors (Lipinski definition) is 1. The lowest BCUT2D eigenvalue weighted by molar-refractivity contribution is 0.0950. The Morgan fingerprint density at radius 3 is 2.97 bits per heavy atom. The Kier molecular flexibility index (Phi) is 5.82. The van der Waals surface area contributed by atoms with Gasteiger partial charge in [0.25, 0.3) is 5.91 Å². The van der Waals surface area contributed by atoms with Crippen molar-refractivity contribution in [3.63, 3.8) is 0 Å². The van der Waals surface area contributed by atoms with Crippen LogP contribution in [0, 0.1) is 0 Å². The number of carbonyl (C=O) groups is 1. The number of fused-ring (bicyclic) bond motifs is 1. The zero-order valence-corrected chi connectivity index (χ0v) is 17.0. The number of carbonyl (C=O) groups excluding carboxylic acids is 1. The second-order valence-electron chi connectivity index (χ2n) is 7.85. The van der Waals surface area contributed by atoms with E-state index in [-0.39, 0.29) is 5.91 Å².